The molecule has 2 amide bonds. The number of likely N-dealkylation sites (N-methyl/N-ethyl adjacent to an activating group) is 1. The third-order valence-corrected chi connectivity index (χ3v) is 5.42. The van der Waals surface area contributed by atoms with E-state index in [1.54, 1.807) is 50.6 Å². The first-order valence-corrected chi connectivity index (χ1v) is 10.5. The highest BCUT2D eigenvalue weighted by Crippen LogP contribution is 2.43. The molecule has 0 aliphatic carbocycles. The van der Waals surface area contributed by atoms with Crippen LogP contribution in [0.25, 0.3) is 11.1 Å². The van der Waals surface area contributed by atoms with Crippen LogP contribution in [-0.2, 0) is 22.6 Å². The van der Waals surface area contributed by atoms with Crippen LogP contribution in [0, 0.1) is 0 Å². The summed E-state index contributed by atoms with van der Waals surface area (Å²) < 4.78 is 7.76. The minimum absolute atomic E-state index is 0.0190. The lowest BCUT2D eigenvalue weighted by Crippen LogP contribution is -2.41. The summed E-state index contributed by atoms with van der Waals surface area (Å²) in [5.41, 5.74) is 2.49. The SMILES string of the molecule is CC(=O)N1c2ccc(-c3cnn(CC(C)(C)O)c3)c(OCC(=O)N(C)C)c2CCC1C. The Labute approximate surface area is 183 Å². The van der Waals surface area contributed by atoms with Crippen molar-refractivity contribution in [3.05, 3.63) is 30.1 Å². The van der Waals surface area contributed by atoms with Gasteiger partial charge < -0.3 is 19.6 Å². The number of rotatable bonds is 6. The summed E-state index contributed by atoms with van der Waals surface area (Å²) in [6, 6.07) is 3.95. The van der Waals surface area contributed by atoms with E-state index in [9.17, 15) is 14.7 Å². The van der Waals surface area contributed by atoms with Crippen molar-refractivity contribution in [3.63, 3.8) is 0 Å². The first-order valence-electron chi connectivity index (χ1n) is 10.5. The summed E-state index contributed by atoms with van der Waals surface area (Å²) in [6.07, 6.45) is 5.14. The van der Waals surface area contributed by atoms with Gasteiger partial charge in [-0.3, -0.25) is 14.3 Å². The number of hydrogen-bond donors (Lipinski definition) is 1. The van der Waals surface area contributed by atoms with Crippen LogP contribution in [-0.4, -0.2) is 63.9 Å². The van der Waals surface area contributed by atoms with E-state index in [1.807, 2.05) is 25.3 Å². The Morgan fingerprint density at radius 1 is 1.32 bits per heavy atom. The van der Waals surface area contributed by atoms with Crippen molar-refractivity contribution in [1.82, 2.24) is 14.7 Å². The second-order valence-electron chi connectivity index (χ2n) is 9.03. The number of amides is 2. The normalized spacial score (nSPS) is 16.1. The molecule has 0 saturated carbocycles. The zero-order valence-electron chi connectivity index (χ0n) is 19.2. The fourth-order valence-corrected chi connectivity index (χ4v) is 3.93. The number of aliphatic hydroxyl groups is 1. The molecule has 1 aromatic carbocycles. The fraction of sp³-hybridized carbons (Fsp3) is 0.522. The maximum absolute atomic E-state index is 12.3. The van der Waals surface area contributed by atoms with Gasteiger partial charge in [-0.05, 0) is 45.7 Å². The number of carbonyl (C=O) groups is 2. The van der Waals surface area contributed by atoms with Gasteiger partial charge in [0.15, 0.2) is 6.61 Å². The Morgan fingerprint density at radius 3 is 2.65 bits per heavy atom. The molecule has 3 rings (SSSR count). The van der Waals surface area contributed by atoms with Gasteiger partial charge in [0.2, 0.25) is 5.91 Å². The lowest BCUT2D eigenvalue weighted by atomic mass is 9.92. The van der Waals surface area contributed by atoms with Crippen LogP contribution in [0.4, 0.5) is 5.69 Å². The van der Waals surface area contributed by atoms with E-state index in [1.165, 1.54) is 4.90 Å². The van der Waals surface area contributed by atoms with Crippen LogP contribution >= 0.6 is 0 Å². The standard InChI is InChI=1S/C23H32N4O4/c1-15-7-8-19-20(27(15)16(2)28)10-9-18(22(19)31-13-21(29)25(5)6)17-11-24-26(12-17)14-23(3,4)30/h9-12,15,30H,7-8,13-14H2,1-6H3. The Hall–Kier alpha value is -2.87. The molecule has 1 aromatic heterocycles. The van der Waals surface area contributed by atoms with Crippen molar-refractivity contribution in [2.75, 3.05) is 25.6 Å². The van der Waals surface area contributed by atoms with Crippen molar-refractivity contribution in [1.29, 1.82) is 0 Å². The summed E-state index contributed by atoms with van der Waals surface area (Å²) in [5, 5.41) is 14.5. The number of ether oxygens (including phenoxy) is 1. The number of aromatic nitrogens is 2. The highest BCUT2D eigenvalue weighted by Gasteiger charge is 2.30. The molecule has 0 radical (unpaired) electrons. The van der Waals surface area contributed by atoms with Gasteiger partial charge in [0.05, 0.1) is 24.0 Å². The van der Waals surface area contributed by atoms with E-state index in [0.717, 1.165) is 35.2 Å². The van der Waals surface area contributed by atoms with Gasteiger partial charge in [-0.1, -0.05) is 0 Å². The lowest BCUT2D eigenvalue weighted by Gasteiger charge is -2.36. The van der Waals surface area contributed by atoms with E-state index in [2.05, 4.69) is 5.10 Å². The second kappa shape index (κ2) is 8.70. The smallest absolute Gasteiger partial charge is 0.259 e. The van der Waals surface area contributed by atoms with Gasteiger partial charge in [0.25, 0.3) is 5.91 Å². The lowest BCUT2D eigenvalue weighted by molar-refractivity contribution is -0.130. The van der Waals surface area contributed by atoms with Crippen LogP contribution < -0.4 is 9.64 Å². The van der Waals surface area contributed by atoms with Gasteiger partial charge in [0.1, 0.15) is 5.75 Å². The molecule has 0 spiro atoms. The molecule has 0 saturated heterocycles. The quantitative estimate of drug-likeness (QED) is 0.764. The van der Waals surface area contributed by atoms with Crippen molar-refractivity contribution < 1.29 is 19.4 Å². The molecule has 1 N–H and O–H groups in total. The third-order valence-electron chi connectivity index (χ3n) is 5.42. The molecule has 31 heavy (non-hydrogen) atoms. The Bertz CT molecular complexity index is 974. The second-order valence-corrected chi connectivity index (χ2v) is 9.03. The number of fused-ring (bicyclic) bond motifs is 1. The molecular weight excluding hydrogens is 396 g/mol. The first-order chi connectivity index (χ1) is 14.5. The predicted molar refractivity (Wildman–Crippen MR) is 119 cm³/mol. The molecule has 8 heteroatoms. The molecule has 0 bridgehead atoms. The molecule has 1 aliphatic heterocycles. The van der Waals surface area contributed by atoms with Crippen molar-refractivity contribution in [3.8, 4) is 16.9 Å². The van der Waals surface area contributed by atoms with Crippen LogP contribution in [0.15, 0.2) is 24.5 Å². The zero-order valence-corrected chi connectivity index (χ0v) is 19.2. The average molecular weight is 429 g/mol. The molecule has 168 valence electrons. The van der Waals surface area contributed by atoms with Gasteiger partial charge >= 0.3 is 0 Å². The summed E-state index contributed by atoms with van der Waals surface area (Å²) >= 11 is 0. The third kappa shape index (κ3) is 5.07. The minimum Gasteiger partial charge on any atom is -0.483 e. The number of carbonyl (C=O) groups excluding carboxylic acids is 2. The van der Waals surface area contributed by atoms with Gasteiger partial charge in [-0.15, -0.1) is 0 Å². The maximum atomic E-state index is 12.3. The average Bonchev–Trinajstić information content (AvgIpc) is 3.11. The van der Waals surface area contributed by atoms with E-state index >= 15 is 0 Å². The zero-order chi connectivity index (χ0) is 22.9. The van der Waals surface area contributed by atoms with Crippen LogP contribution in [0.1, 0.15) is 39.7 Å². The van der Waals surface area contributed by atoms with E-state index in [-0.39, 0.29) is 24.5 Å². The molecule has 2 aromatic rings. The van der Waals surface area contributed by atoms with Crippen LogP contribution in [0.5, 0.6) is 5.75 Å². The number of anilines is 1. The van der Waals surface area contributed by atoms with Crippen LogP contribution in [0.2, 0.25) is 0 Å². The molecule has 1 atom stereocenters. The van der Waals surface area contributed by atoms with E-state index < -0.39 is 5.60 Å². The van der Waals surface area contributed by atoms with Crippen molar-refractivity contribution in [2.45, 2.75) is 58.7 Å². The largest absolute Gasteiger partial charge is 0.483 e. The molecule has 0 fully saturated rings. The number of benzene rings is 1. The molecule has 8 nitrogen and oxygen atoms in total. The topological polar surface area (TPSA) is 87.9 Å². The van der Waals surface area contributed by atoms with Gasteiger partial charge in [0, 0.05) is 49.9 Å². The van der Waals surface area contributed by atoms with E-state index in [4.69, 9.17) is 4.74 Å². The monoisotopic (exact) mass is 428 g/mol. The molecular formula is C23H32N4O4. The summed E-state index contributed by atoms with van der Waals surface area (Å²) in [7, 11) is 3.37. The summed E-state index contributed by atoms with van der Waals surface area (Å²) in [6.45, 7) is 7.32. The minimum atomic E-state index is -0.894. The van der Waals surface area contributed by atoms with Crippen molar-refractivity contribution in [2.24, 2.45) is 0 Å². The molecule has 1 unspecified atom stereocenters. The fourth-order valence-electron chi connectivity index (χ4n) is 3.93. The summed E-state index contributed by atoms with van der Waals surface area (Å²) in [4.78, 5) is 27.8. The highest BCUT2D eigenvalue weighted by molar-refractivity contribution is 5.95. The predicted octanol–water partition coefficient (Wildman–Crippen LogP) is 2.48. The number of nitrogens with zero attached hydrogens (tertiary/aromatic N) is 4. The van der Waals surface area contributed by atoms with E-state index in [0.29, 0.717) is 12.3 Å². The first kappa shape index (κ1) is 22.8. The van der Waals surface area contributed by atoms with Gasteiger partial charge in [-0.25, -0.2) is 0 Å². The Morgan fingerprint density at radius 2 is 2.03 bits per heavy atom. The van der Waals surface area contributed by atoms with Crippen molar-refractivity contribution >= 4 is 17.5 Å². The molecule has 2 heterocycles. The molecule has 1 aliphatic rings. The highest BCUT2D eigenvalue weighted by atomic mass is 16.5. The Balaban J connectivity index is 2.07. The van der Waals surface area contributed by atoms with Gasteiger partial charge in [-0.2, -0.15) is 5.10 Å². The number of hydrogen-bond acceptors (Lipinski definition) is 5. The summed E-state index contributed by atoms with van der Waals surface area (Å²) in [5.74, 6) is 0.442. The van der Waals surface area contributed by atoms with Crippen LogP contribution in [0.3, 0.4) is 0 Å². The maximum Gasteiger partial charge on any atom is 0.259 e. The Kier molecular flexibility index (Phi) is 6.40.